The van der Waals surface area contributed by atoms with E-state index in [9.17, 15) is 5.11 Å². The van der Waals surface area contributed by atoms with Crippen LogP contribution in [0, 0.1) is 25.2 Å². The predicted molar refractivity (Wildman–Crippen MR) is 85.8 cm³/mol. The highest BCUT2D eigenvalue weighted by atomic mass is 16.3. The highest BCUT2D eigenvalue weighted by Gasteiger charge is 2.36. The number of rotatable bonds is 1. The van der Waals surface area contributed by atoms with Gasteiger partial charge in [0.25, 0.3) is 0 Å². The van der Waals surface area contributed by atoms with Gasteiger partial charge in [0.2, 0.25) is 0 Å². The van der Waals surface area contributed by atoms with E-state index in [0.717, 1.165) is 37.2 Å². The van der Waals surface area contributed by atoms with Crippen LogP contribution in [-0.2, 0) is 5.60 Å². The van der Waals surface area contributed by atoms with Crippen molar-refractivity contribution in [3.63, 3.8) is 0 Å². The van der Waals surface area contributed by atoms with Gasteiger partial charge in [-0.2, -0.15) is 0 Å². The van der Waals surface area contributed by atoms with Crippen LogP contribution in [0.1, 0.15) is 69.6 Å². The van der Waals surface area contributed by atoms with Crippen molar-refractivity contribution in [2.24, 2.45) is 11.3 Å². The second-order valence-corrected chi connectivity index (χ2v) is 7.77. The first-order valence-electron chi connectivity index (χ1n) is 8.03. The van der Waals surface area contributed by atoms with Crippen LogP contribution in [-0.4, -0.2) is 5.11 Å². The molecule has 2 atom stereocenters. The molecule has 1 N–H and O–H groups in total. The molecule has 0 radical (unpaired) electrons. The van der Waals surface area contributed by atoms with Gasteiger partial charge in [-0.1, -0.05) is 39.0 Å². The second kappa shape index (κ2) is 5.52. The lowest BCUT2D eigenvalue weighted by Gasteiger charge is -2.32. The molecule has 0 heterocycles. The number of aryl methyl sites for hydroxylation is 1. The minimum Gasteiger partial charge on any atom is -0.385 e. The summed E-state index contributed by atoms with van der Waals surface area (Å²) < 4.78 is 0. The van der Waals surface area contributed by atoms with Crippen LogP contribution in [0.2, 0.25) is 0 Å². The van der Waals surface area contributed by atoms with Crippen molar-refractivity contribution in [2.75, 3.05) is 0 Å². The zero-order valence-corrected chi connectivity index (χ0v) is 13.8. The quantitative estimate of drug-likeness (QED) is 0.705. The molecular weight excluding hydrogens is 244 g/mol. The van der Waals surface area contributed by atoms with E-state index in [1.54, 1.807) is 0 Å². The molecule has 1 aliphatic carbocycles. The normalized spacial score (nSPS) is 28.2. The number of hydrogen-bond acceptors (Lipinski definition) is 1. The standard InChI is InChI=1S/C19H30O/c1-14-8-6-10-17(15(14)2)19(20)12-7-9-16(11-13-19)18(3,4)5/h6,8,10,16,20H,7,9,11-13H2,1-5H3. The van der Waals surface area contributed by atoms with Gasteiger partial charge in [-0.3, -0.25) is 0 Å². The molecule has 1 aromatic carbocycles. The molecule has 20 heavy (non-hydrogen) atoms. The summed E-state index contributed by atoms with van der Waals surface area (Å²) in [5.74, 6) is 0.724. The maximum Gasteiger partial charge on any atom is 0.0899 e. The highest BCUT2D eigenvalue weighted by molar-refractivity contribution is 5.37. The molecule has 1 nitrogen and oxygen atoms in total. The maximum absolute atomic E-state index is 11.2. The number of hydrogen-bond donors (Lipinski definition) is 1. The molecule has 0 spiro atoms. The topological polar surface area (TPSA) is 20.2 Å². The van der Waals surface area contributed by atoms with Crippen LogP contribution in [0.3, 0.4) is 0 Å². The summed E-state index contributed by atoms with van der Waals surface area (Å²) in [5.41, 5.74) is 3.45. The fourth-order valence-electron chi connectivity index (χ4n) is 3.71. The van der Waals surface area contributed by atoms with E-state index >= 15 is 0 Å². The fourth-order valence-corrected chi connectivity index (χ4v) is 3.71. The van der Waals surface area contributed by atoms with E-state index in [1.165, 1.54) is 17.5 Å². The summed E-state index contributed by atoms with van der Waals surface area (Å²) >= 11 is 0. The van der Waals surface area contributed by atoms with Crippen molar-refractivity contribution in [1.29, 1.82) is 0 Å². The van der Waals surface area contributed by atoms with Crippen molar-refractivity contribution in [2.45, 2.75) is 72.3 Å². The smallest absolute Gasteiger partial charge is 0.0899 e. The van der Waals surface area contributed by atoms with E-state index in [2.05, 4.69) is 52.8 Å². The van der Waals surface area contributed by atoms with E-state index < -0.39 is 5.60 Å². The molecule has 112 valence electrons. The molecular formula is C19H30O. The Kier molecular flexibility index (Phi) is 4.30. The lowest BCUT2D eigenvalue weighted by atomic mass is 9.75. The van der Waals surface area contributed by atoms with E-state index in [4.69, 9.17) is 0 Å². The SMILES string of the molecule is Cc1cccc(C2(O)CCCC(C(C)(C)C)CC2)c1C. The molecule has 0 aliphatic heterocycles. The lowest BCUT2D eigenvalue weighted by Crippen LogP contribution is -2.27. The Hall–Kier alpha value is -0.820. The first-order valence-corrected chi connectivity index (χ1v) is 8.03. The monoisotopic (exact) mass is 274 g/mol. The van der Waals surface area contributed by atoms with Crippen LogP contribution in [0.25, 0.3) is 0 Å². The van der Waals surface area contributed by atoms with Crippen molar-refractivity contribution >= 4 is 0 Å². The molecule has 2 rings (SSSR count). The Balaban J connectivity index is 2.26. The van der Waals surface area contributed by atoms with E-state index in [0.29, 0.717) is 5.41 Å². The zero-order chi connectivity index (χ0) is 15.0. The van der Waals surface area contributed by atoms with Crippen LogP contribution in [0.15, 0.2) is 18.2 Å². The van der Waals surface area contributed by atoms with Crippen LogP contribution < -0.4 is 0 Å². The number of benzene rings is 1. The largest absolute Gasteiger partial charge is 0.385 e. The average Bonchev–Trinajstić information content (AvgIpc) is 2.55. The maximum atomic E-state index is 11.2. The Morgan fingerprint density at radius 3 is 2.45 bits per heavy atom. The molecule has 2 unspecified atom stereocenters. The van der Waals surface area contributed by atoms with Gasteiger partial charge in [0, 0.05) is 0 Å². The van der Waals surface area contributed by atoms with Crippen LogP contribution in [0.5, 0.6) is 0 Å². The highest BCUT2D eigenvalue weighted by Crippen LogP contribution is 2.44. The van der Waals surface area contributed by atoms with Gasteiger partial charge in [0.05, 0.1) is 5.60 Å². The summed E-state index contributed by atoms with van der Waals surface area (Å²) in [7, 11) is 0. The van der Waals surface area contributed by atoms with Gasteiger partial charge in [-0.25, -0.2) is 0 Å². The molecule has 1 aliphatic rings. The van der Waals surface area contributed by atoms with Gasteiger partial charge in [-0.15, -0.1) is 0 Å². The van der Waals surface area contributed by atoms with Gasteiger partial charge in [0.1, 0.15) is 0 Å². The van der Waals surface area contributed by atoms with Gasteiger partial charge >= 0.3 is 0 Å². The average molecular weight is 274 g/mol. The molecule has 1 heteroatoms. The Labute approximate surface area is 124 Å². The van der Waals surface area contributed by atoms with Crippen molar-refractivity contribution in [3.05, 3.63) is 34.9 Å². The third-order valence-electron chi connectivity index (χ3n) is 5.38. The van der Waals surface area contributed by atoms with Crippen LogP contribution in [0.4, 0.5) is 0 Å². The van der Waals surface area contributed by atoms with Gasteiger partial charge in [0.15, 0.2) is 0 Å². The summed E-state index contributed by atoms with van der Waals surface area (Å²) in [6, 6.07) is 6.35. The van der Waals surface area contributed by atoms with Gasteiger partial charge < -0.3 is 5.11 Å². The first kappa shape index (κ1) is 15.6. The zero-order valence-electron chi connectivity index (χ0n) is 13.8. The van der Waals surface area contributed by atoms with Crippen LogP contribution >= 0.6 is 0 Å². The third kappa shape index (κ3) is 3.09. The number of aliphatic hydroxyl groups is 1. The Morgan fingerprint density at radius 2 is 1.80 bits per heavy atom. The molecule has 0 aromatic heterocycles. The predicted octanol–water partition coefficient (Wildman–Crippen LogP) is 5.12. The van der Waals surface area contributed by atoms with Crippen molar-refractivity contribution < 1.29 is 5.11 Å². The first-order chi connectivity index (χ1) is 9.24. The second-order valence-electron chi connectivity index (χ2n) is 7.77. The van der Waals surface area contributed by atoms with Gasteiger partial charge in [-0.05, 0) is 74.0 Å². The molecule has 0 bridgehead atoms. The fraction of sp³-hybridized carbons (Fsp3) is 0.684. The van der Waals surface area contributed by atoms with Crippen molar-refractivity contribution in [3.8, 4) is 0 Å². The molecule has 1 saturated carbocycles. The van der Waals surface area contributed by atoms with Crippen molar-refractivity contribution in [1.82, 2.24) is 0 Å². The molecule has 1 aromatic rings. The Morgan fingerprint density at radius 1 is 1.10 bits per heavy atom. The lowest BCUT2D eigenvalue weighted by molar-refractivity contribution is 0.0173. The summed E-state index contributed by atoms with van der Waals surface area (Å²) in [5, 5.41) is 11.2. The minimum absolute atomic E-state index is 0.354. The Bertz CT molecular complexity index is 469. The molecule has 1 fully saturated rings. The van der Waals surface area contributed by atoms with E-state index in [-0.39, 0.29) is 0 Å². The molecule has 0 amide bonds. The summed E-state index contributed by atoms with van der Waals surface area (Å²) in [6.45, 7) is 11.3. The van der Waals surface area contributed by atoms with E-state index in [1.807, 2.05) is 0 Å². The summed E-state index contributed by atoms with van der Waals surface area (Å²) in [6.07, 6.45) is 5.32. The third-order valence-corrected chi connectivity index (χ3v) is 5.38. The molecule has 0 saturated heterocycles. The minimum atomic E-state index is -0.615. The summed E-state index contributed by atoms with van der Waals surface area (Å²) in [4.78, 5) is 0.